The lowest BCUT2D eigenvalue weighted by Gasteiger charge is -2.34. The number of pyridine rings is 1. The summed E-state index contributed by atoms with van der Waals surface area (Å²) in [4.78, 5) is 9.92. The van der Waals surface area contributed by atoms with E-state index in [4.69, 9.17) is 5.73 Å². The number of allylic oxidation sites excluding steroid dienone is 1. The number of alkyl halides is 5. The molecule has 11 heteroatoms. The highest BCUT2D eigenvalue weighted by atomic mass is 19.4. The summed E-state index contributed by atoms with van der Waals surface area (Å²) in [6.07, 6.45) is -1.03. The zero-order valence-corrected chi connectivity index (χ0v) is 18.0. The van der Waals surface area contributed by atoms with Gasteiger partial charge in [-0.1, -0.05) is 6.58 Å². The summed E-state index contributed by atoms with van der Waals surface area (Å²) in [5.41, 5.74) is 5.42. The molecule has 4 rings (SSSR count). The molecule has 0 aromatic carbocycles. The number of piperidine rings is 1. The smallest absolute Gasteiger partial charge is 0.385 e. The zero-order valence-electron chi connectivity index (χ0n) is 18.0. The number of halogens is 5. The highest BCUT2D eigenvalue weighted by Crippen LogP contribution is 2.41. The molecule has 2 aromatic heterocycles. The van der Waals surface area contributed by atoms with Crippen LogP contribution in [0.1, 0.15) is 49.6 Å². The van der Waals surface area contributed by atoms with E-state index in [1.54, 1.807) is 10.8 Å². The summed E-state index contributed by atoms with van der Waals surface area (Å²) in [5.74, 6) is -2.86. The van der Waals surface area contributed by atoms with Crippen LogP contribution in [0.4, 0.5) is 27.8 Å². The molecule has 33 heavy (non-hydrogen) atoms. The Balaban J connectivity index is 1.55. The minimum absolute atomic E-state index is 0.0572. The molecule has 2 aliphatic rings. The van der Waals surface area contributed by atoms with E-state index in [0.717, 1.165) is 18.9 Å². The SMILES string of the molecule is C=C(CCn1cc(-c2cnc(N)c(C(F)(F)F)c2)nc1C(O)C1CC1)N1CCC(F)(F)CC1. The first-order valence-corrected chi connectivity index (χ1v) is 10.8. The first-order chi connectivity index (χ1) is 15.4. The molecule has 0 spiro atoms. The monoisotopic (exact) mass is 471 g/mol. The van der Waals surface area contributed by atoms with Crippen molar-refractivity contribution in [2.24, 2.45) is 5.92 Å². The van der Waals surface area contributed by atoms with Crippen LogP contribution in [0, 0.1) is 5.92 Å². The van der Waals surface area contributed by atoms with Crippen molar-refractivity contribution in [1.82, 2.24) is 19.4 Å². The van der Waals surface area contributed by atoms with E-state index in [0.29, 0.717) is 24.5 Å². The lowest BCUT2D eigenvalue weighted by Crippen LogP contribution is -2.38. The molecule has 180 valence electrons. The molecule has 1 atom stereocenters. The molecule has 0 bridgehead atoms. The summed E-state index contributed by atoms with van der Waals surface area (Å²) in [6, 6.07) is 0.898. The van der Waals surface area contributed by atoms with Gasteiger partial charge in [-0.25, -0.2) is 18.7 Å². The Morgan fingerprint density at radius 2 is 1.94 bits per heavy atom. The van der Waals surface area contributed by atoms with Crippen molar-refractivity contribution in [1.29, 1.82) is 0 Å². The molecule has 2 fully saturated rings. The molecule has 1 unspecified atom stereocenters. The number of rotatable bonds is 7. The van der Waals surface area contributed by atoms with E-state index in [1.807, 2.05) is 4.90 Å². The van der Waals surface area contributed by atoms with Crippen molar-refractivity contribution in [3.63, 3.8) is 0 Å². The molecule has 1 aliphatic heterocycles. The summed E-state index contributed by atoms with van der Waals surface area (Å²) in [5, 5.41) is 10.7. The van der Waals surface area contributed by atoms with E-state index in [1.165, 1.54) is 6.20 Å². The molecular formula is C22H26F5N5O. The van der Waals surface area contributed by atoms with E-state index < -0.39 is 29.6 Å². The number of likely N-dealkylation sites (tertiary alicyclic amines) is 1. The number of aliphatic hydroxyl groups excluding tert-OH is 1. The van der Waals surface area contributed by atoms with Gasteiger partial charge in [-0.3, -0.25) is 0 Å². The summed E-state index contributed by atoms with van der Waals surface area (Å²) < 4.78 is 68.3. The lowest BCUT2D eigenvalue weighted by molar-refractivity contribution is -0.137. The van der Waals surface area contributed by atoms with Crippen LogP contribution in [0.5, 0.6) is 0 Å². The van der Waals surface area contributed by atoms with Crippen LogP contribution in [0.25, 0.3) is 11.3 Å². The quantitative estimate of drug-likeness (QED) is 0.576. The maximum atomic E-state index is 13.4. The number of aryl methyl sites for hydroxylation is 1. The van der Waals surface area contributed by atoms with Crippen molar-refractivity contribution in [3.8, 4) is 11.3 Å². The number of hydrogen-bond donors (Lipinski definition) is 2. The van der Waals surface area contributed by atoms with Gasteiger partial charge in [0.05, 0.1) is 11.3 Å². The molecule has 3 N–H and O–H groups in total. The molecule has 6 nitrogen and oxygen atoms in total. The summed E-state index contributed by atoms with van der Waals surface area (Å²) >= 11 is 0. The standard InChI is InChI=1S/C22H26F5N5O/c1-13(31-8-5-21(23,24)6-9-31)4-7-32-12-17(30-20(32)18(33)14-2-3-14)15-10-16(22(25,26)27)19(28)29-11-15/h10-12,14,18,33H,1-9H2,(H2,28,29). The van der Waals surface area contributed by atoms with Gasteiger partial charge in [-0.15, -0.1) is 0 Å². The largest absolute Gasteiger partial charge is 0.419 e. The van der Waals surface area contributed by atoms with Gasteiger partial charge >= 0.3 is 6.18 Å². The Hall–Kier alpha value is -2.69. The normalized spacial score (nSPS) is 19.5. The van der Waals surface area contributed by atoms with Crippen molar-refractivity contribution in [2.45, 2.75) is 56.9 Å². The fourth-order valence-corrected chi connectivity index (χ4v) is 4.01. The fourth-order valence-electron chi connectivity index (χ4n) is 4.01. The second kappa shape index (κ2) is 8.58. The van der Waals surface area contributed by atoms with Crippen molar-refractivity contribution in [3.05, 3.63) is 42.1 Å². The highest BCUT2D eigenvalue weighted by molar-refractivity contribution is 5.62. The van der Waals surface area contributed by atoms with Crippen molar-refractivity contribution < 1.29 is 27.1 Å². The van der Waals surface area contributed by atoms with Gasteiger partial charge in [0.15, 0.2) is 0 Å². The van der Waals surface area contributed by atoms with Gasteiger partial charge in [0.2, 0.25) is 0 Å². The molecular weight excluding hydrogens is 445 g/mol. The second-order valence-electron chi connectivity index (χ2n) is 8.77. The zero-order chi connectivity index (χ0) is 24.0. The number of aromatic nitrogens is 3. The third kappa shape index (κ3) is 5.29. The van der Waals surface area contributed by atoms with Gasteiger partial charge in [0, 0.05) is 62.6 Å². The lowest BCUT2D eigenvalue weighted by atomic mass is 10.1. The van der Waals surface area contributed by atoms with Crippen LogP contribution in [0.2, 0.25) is 0 Å². The minimum atomic E-state index is -4.66. The Kier molecular flexibility index (Phi) is 6.10. The molecule has 1 saturated carbocycles. The van der Waals surface area contributed by atoms with Crippen LogP contribution in [-0.2, 0) is 12.7 Å². The average molecular weight is 471 g/mol. The van der Waals surface area contributed by atoms with E-state index in [9.17, 15) is 27.1 Å². The Bertz CT molecular complexity index is 1020. The third-order valence-corrected chi connectivity index (χ3v) is 6.24. The molecule has 3 heterocycles. The minimum Gasteiger partial charge on any atom is -0.385 e. The number of anilines is 1. The van der Waals surface area contributed by atoms with Gasteiger partial charge in [0.1, 0.15) is 17.7 Å². The van der Waals surface area contributed by atoms with Crippen LogP contribution in [-0.4, -0.2) is 43.6 Å². The maximum absolute atomic E-state index is 13.4. The molecule has 0 amide bonds. The van der Waals surface area contributed by atoms with Gasteiger partial charge < -0.3 is 20.3 Å². The van der Waals surface area contributed by atoms with Crippen molar-refractivity contribution in [2.75, 3.05) is 18.8 Å². The highest BCUT2D eigenvalue weighted by Gasteiger charge is 2.37. The first kappa shape index (κ1) is 23.5. The third-order valence-electron chi connectivity index (χ3n) is 6.24. The van der Waals surface area contributed by atoms with Gasteiger partial charge in [-0.05, 0) is 24.8 Å². The number of imidazole rings is 1. The molecule has 0 radical (unpaired) electrons. The molecule has 2 aromatic rings. The Morgan fingerprint density at radius 1 is 1.27 bits per heavy atom. The van der Waals surface area contributed by atoms with E-state index >= 15 is 0 Å². The van der Waals surface area contributed by atoms with Crippen LogP contribution < -0.4 is 5.73 Å². The molecule has 1 saturated heterocycles. The van der Waals surface area contributed by atoms with Gasteiger partial charge in [-0.2, -0.15) is 13.2 Å². The van der Waals surface area contributed by atoms with Crippen LogP contribution in [0.3, 0.4) is 0 Å². The van der Waals surface area contributed by atoms with Crippen molar-refractivity contribution >= 4 is 5.82 Å². The Morgan fingerprint density at radius 3 is 2.55 bits per heavy atom. The fraction of sp³-hybridized carbons (Fsp3) is 0.545. The second-order valence-corrected chi connectivity index (χ2v) is 8.77. The number of aliphatic hydroxyl groups is 1. The average Bonchev–Trinajstić information content (AvgIpc) is 3.50. The number of nitrogens with two attached hydrogens (primary N) is 1. The van der Waals surface area contributed by atoms with E-state index in [2.05, 4.69) is 16.5 Å². The summed E-state index contributed by atoms with van der Waals surface area (Å²) in [7, 11) is 0. The Labute approximate surface area is 187 Å². The number of nitrogens with zero attached hydrogens (tertiary/aromatic N) is 4. The topological polar surface area (TPSA) is 80.2 Å². The summed E-state index contributed by atoms with van der Waals surface area (Å²) in [6.45, 7) is 4.80. The van der Waals surface area contributed by atoms with Crippen LogP contribution in [0.15, 0.2) is 30.7 Å². The maximum Gasteiger partial charge on any atom is 0.419 e. The number of nitrogen functional groups attached to an aromatic ring is 1. The molecule has 1 aliphatic carbocycles. The first-order valence-electron chi connectivity index (χ1n) is 10.8. The predicted octanol–water partition coefficient (Wildman–Crippen LogP) is 4.62. The number of hydrogen-bond acceptors (Lipinski definition) is 5. The van der Waals surface area contributed by atoms with Crippen LogP contribution >= 0.6 is 0 Å². The van der Waals surface area contributed by atoms with E-state index in [-0.39, 0.29) is 43.1 Å². The predicted molar refractivity (Wildman–Crippen MR) is 112 cm³/mol. The van der Waals surface area contributed by atoms with Gasteiger partial charge in [0.25, 0.3) is 5.92 Å².